The molecule has 0 fully saturated rings. The normalized spacial score (nSPS) is 12.1. The predicted octanol–water partition coefficient (Wildman–Crippen LogP) is 3.26. The van der Waals surface area contributed by atoms with Gasteiger partial charge in [0.25, 0.3) is 0 Å². The molecule has 0 radical (unpaired) electrons. The van der Waals surface area contributed by atoms with E-state index in [0.29, 0.717) is 12.6 Å². The van der Waals surface area contributed by atoms with Gasteiger partial charge in [0, 0.05) is 12.6 Å². The summed E-state index contributed by atoms with van der Waals surface area (Å²) < 4.78 is 40.4. The topological polar surface area (TPSA) is 21.3 Å². The van der Waals surface area contributed by atoms with E-state index in [1.807, 2.05) is 32.0 Å². The zero-order chi connectivity index (χ0) is 13.6. The summed E-state index contributed by atoms with van der Waals surface area (Å²) in [6.07, 6.45) is -4.27. The predicted molar refractivity (Wildman–Crippen MR) is 64.1 cm³/mol. The Morgan fingerprint density at radius 1 is 1.22 bits per heavy atom. The number of hydrogen-bond donors (Lipinski definition) is 1. The first kappa shape index (κ1) is 15.0. The number of nitrogens with one attached hydrogen (secondary N) is 1. The van der Waals surface area contributed by atoms with Gasteiger partial charge < -0.3 is 10.1 Å². The first-order valence-corrected chi connectivity index (χ1v) is 5.82. The fourth-order valence-corrected chi connectivity index (χ4v) is 1.44. The molecule has 1 rings (SSSR count). The molecule has 1 aromatic rings. The Kier molecular flexibility index (Phi) is 5.62. The fourth-order valence-electron chi connectivity index (χ4n) is 1.44. The van der Waals surface area contributed by atoms with E-state index in [9.17, 15) is 13.2 Å². The molecular weight excluding hydrogens is 243 g/mol. The summed E-state index contributed by atoms with van der Waals surface area (Å²) in [5, 5.41) is 3.25. The lowest BCUT2D eigenvalue weighted by Gasteiger charge is -2.10. The van der Waals surface area contributed by atoms with E-state index in [1.165, 1.54) is 0 Å². The molecular formula is C13H18F3NO. The number of rotatable bonds is 6. The van der Waals surface area contributed by atoms with E-state index in [-0.39, 0.29) is 6.61 Å². The second-order valence-electron chi connectivity index (χ2n) is 4.46. The molecule has 0 aliphatic heterocycles. The number of ether oxygens (including phenoxy) is 1. The average Bonchev–Trinajstić information content (AvgIpc) is 2.25. The van der Waals surface area contributed by atoms with Crippen molar-refractivity contribution in [3.63, 3.8) is 0 Å². The van der Waals surface area contributed by atoms with E-state index in [1.54, 1.807) is 6.07 Å². The zero-order valence-corrected chi connectivity index (χ0v) is 10.6. The van der Waals surface area contributed by atoms with Gasteiger partial charge in [0.15, 0.2) is 0 Å². The van der Waals surface area contributed by atoms with Crippen LogP contribution in [-0.2, 0) is 17.9 Å². The van der Waals surface area contributed by atoms with Gasteiger partial charge in [-0.05, 0) is 11.1 Å². The van der Waals surface area contributed by atoms with Gasteiger partial charge in [-0.1, -0.05) is 38.1 Å². The van der Waals surface area contributed by atoms with E-state index in [4.69, 9.17) is 0 Å². The third-order valence-corrected chi connectivity index (χ3v) is 2.24. The Hall–Kier alpha value is -1.07. The molecule has 0 heterocycles. The zero-order valence-electron chi connectivity index (χ0n) is 10.6. The maximum absolute atomic E-state index is 11.9. The van der Waals surface area contributed by atoms with Crippen LogP contribution in [0.15, 0.2) is 24.3 Å². The van der Waals surface area contributed by atoms with Crippen molar-refractivity contribution in [3.8, 4) is 0 Å². The molecule has 0 spiro atoms. The maximum atomic E-state index is 11.9. The monoisotopic (exact) mass is 261 g/mol. The Bertz CT molecular complexity index is 363. The lowest BCUT2D eigenvalue weighted by atomic mass is 10.1. The van der Waals surface area contributed by atoms with Gasteiger partial charge >= 0.3 is 6.18 Å². The Morgan fingerprint density at radius 3 is 2.50 bits per heavy atom. The minimum atomic E-state index is -4.27. The highest BCUT2D eigenvalue weighted by Crippen LogP contribution is 2.16. The number of benzene rings is 1. The van der Waals surface area contributed by atoms with Gasteiger partial charge in [-0.2, -0.15) is 13.2 Å². The van der Waals surface area contributed by atoms with Crippen molar-refractivity contribution in [2.45, 2.75) is 39.2 Å². The Morgan fingerprint density at radius 2 is 1.89 bits per heavy atom. The molecule has 1 aromatic carbocycles. The molecule has 0 saturated heterocycles. The van der Waals surface area contributed by atoms with Crippen molar-refractivity contribution in [1.29, 1.82) is 0 Å². The van der Waals surface area contributed by atoms with Gasteiger partial charge in [-0.25, -0.2) is 0 Å². The largest absolute Gasteiger partial charge is 0.411 e. The molecule has 0 atom stereocenters. The van der Waals surface area contributed by atoms with Gasteiger partial charge in [0.05, 0.1) is 6.61 Å². The molecule has 0 aliphatic carbocycles. The van der Waals surface area contributed by atoms with Crippen molar-refractivity contribution in [2.75, 3.05) is 6.61 Å². The molecule has 0 amide bonds. The van der Waals surface area contributed by atoms with E-state index >= 15 is 0 Å². The second-order valence-corrected chi connectivity index (χ2v) is 4.46. The van der Waals surface area contributed by atoms with Gasteiger partial charge in [-0.15, -0.1) is 0 Å². The van der Waals surface area contributed by atoms with Gasteiger partial charge in [0.1, 0.15) is 6.61 Å². The van der Waals surface area contributed by atoms with Gasteiger partial charge in [0.2, 0.25) is 0 Å². The molecule has 102 valence electrons. The fraction of sp³-hybridized carbons (Fsp3) is 0.538. The van der Waals surface area contributed by atoms with Crippen LogP contribution in [0.4, 0.5) is 13.2 Å². The highest BCUT2D eigenvalue weighted by molar-refractivity contribution is 5.22. The summed E-state index contributed by atoms with van der Waals surface area (Å²) in [5.41, 5.74) is 1.79. The SMILES string of the molecule is CC(C)NCc1cccc(COCC(F)(F)F)c1. The van der Waals surface area contributed by atoms with Crippen LogP contribution in [0.2, 0.25) is 0 Å². The smallest absolute Gasteiger partial charge is 0.367 e. The average molecular weight is 261 g/mol. The van der Waals surface area contributed by atoms with E-state index in [0.717, 1.165) is 11.1 Å². The summed E-state index contributed by atoms with van der Waals surface area (Å²) in [6.45, 7) is 3.55. The van der Waals surface area contributed by atoms with Crippen molar-refractivity contribution >= 4 is 0 Å². The van der Waals surface area contributed by atoms with Crippen molar-refractivity contribution in [2.24, 2.45) is 0 Å². The summed E-state index contributed by atoms with van der Waals surface area (Å²) >= 11 is 0. The lowest BCUT2D eigenvalue weighted by Crippen LogP contribution is -2.21. The lowest BCUT2D eigenvalue weighted by molar-refractivity contribution is -0.176. The van der Waals surface area contributed by atoms with E-state index in [2.05, 4.69) is 10.1 Å². The quantitative estimate of drug-likeness (QED) is 0.848. The number of halogens is 3. The molecule has 0 aromatic heterocycles. The second kappa shape index (κ2) is 6.75. The number of hydrogen-bond acceptors (Lipinski definition) is 2. The molecule has 1 N–H and O–H groups in total. The molecule has 0 unspecified atom stereocenters. The Balaban J connectivity index is 2.44. The van der Waals surface area contributed by atoms with Crippen LogP contribution in [0.5, 0.6) is 0 Å². The third kappa shape index (κ3) is 6.61. The van der Waals surface area contributed by atoms with Crippen molar-refractivity contribution in [3.05, 3.63) is 35.4 Å². The minimum absolute atomic E-state index is 0.0188. The van der Waals surface area contributed by atoms with E-state index < -0.39 is 12.8 Å². The summed E-state index contributed by atoms with van der Waals surface area (Å²) in [5.74, 6) is 0. The first-order chi connectivity index (χ1) is 8.37. The third-order valence-electron chi connectivity index (χ3n) is 2.24. The van der Waals surface area contributed by atoms with Gasteiger partial charge in [-0.3, -0.25) is 0 Å². The van der Waals surface area contributed by atoms with Crippen LogP contribution < -0.4 is 5.32 Å². The molecule has 2 nitrogen and oxygen atoms in total. The van der Waals surface area contributed by atoms with Crippen LogP contribution in [0.1, 0.15) is 25.0 Å². The molecule has 18 heavy (non-hydrogen) atoms. The molecule has 5 heteroatoms. The summed E-state index contributed by atoms with van der Waals surface area (Å²) in [6, 6.07) is 7.74. The van der Waals surface area contributed by atoms with Crippen molar-refractivity contribution < 1.29 is 17.9 Å². The standard InChI is InChI=1S/C13H18F3NO/c1-10(2)17-7-11-4-3-5-12(6-11)8-18-9-13(14,15)16/h3-6,10,17H,7-9H2,1-2H3. The summed E-state index contributed by atoms with van der Waals surface area (Å²) in [7, 11) is 0. The molecule has 0 saturated carbocycles. The highest BCUT2D eigenvalue weighted by Gasteiger charge is 2.27. The summed E-state index contributed by atoms with van der Waals surface area (Å²) in [4.78, 5) is 0. The molecule has 0 bridgehead atoms. The Labute approximate surface area is 105 Å². The van der Waals surface area contributed by atoms with Crippen LogP contribution in [0, 0.1) is 0 Å². The van der Waals surface area contributed by atoms with Crippen molar-refractivity contribution in [1.82, 2.24) is 5.32 Å². The van der Waals surface area contributed by atoms with Crippen LogP contribution in [0.25, 0.3) is 0 Å². The maximum Gasteiger partial charge on any atom is 0.411 e. The minimum Gasteiger partial charge on any atom is -0.367 e. The number of alkyl halides is 3. The van der Waals surface area contributed by atoms with Crippen LogP contribution >= 0.6 is 0 Å². The highest BCUT2D eigenvalue weighted by atomic mass is 19.4. The van der Waals surface area contributed by atoms with Crippen LogP contribution in [-0.4, -0.2) is 18.8 Å². The van der Waals surface area contributed by atoms with Crippen LogP contribution in [0.3, 0.4) is 0 Å². The molecule has 0 aliphatic rings. The first-order valence-electron chi connectivity index (χ1n) is 5.82.